The van der Waals surface area contributed by atoms with Gasteiger partial charge in [0.2, 0.25) is 5.91 Å². The van der Waals surface area contributed by atoms with E-state index in [-0.39, 0.29) is 28.5 Å². The van der Waals surface area contributed by atoms with E-state index in [4.69, 9.17) is 17.3 Å². The van der Waals surface area contributed by atoms with Gasteiger partial charge in [0, 0.05) is 12.1 Å². The van der Waals surface area contributed by atoms with Gasteiger partial charge >= 0.3 is 6.18 Å². The highest BCUT2D eigenvalue weighted by Gasteiger charge is 2.31. The molecule has 1 heterocycles. The number of carbonyl (C=O) groups excluding carboxylic acids is 1. The molecule has 25 heavy (non-hydrogen) atoms. The largest absolute Gasteiger partial charge is 0.416 e. The molecule has 2 atom stereocenters. The van der Waals surface area contributed by atoms with Gasteiger partial charge in [0.15, 0.2) is 0 Å². The van der Waals surface area contributed by atoms with Crippen molar-refractivity contribution in [3.63, 3.8) is 0 Å². The molecule has 0 aliphatic carbocycles. The minimum atomic E-state index is -4.52. The highest BCUT2D eigenvalue weighted by molar-refractivity contribution is 6.32. The number of hydrogen-bond acceptors (Lipinski definition) is 3. The Balaban J connectivity index is 2.46. The van der Waals surface area contributed by atoms with E-state index in [0.717, 1.165) is 18.2 Å². The molecule has 0 aliphatic heterocycles. The Hall–Kier alpha value is -2.06. The fourth-order valence-electron chi connectivity index (χ4n) is 2.10. The van der Waals surface area contributed by atoms with E-state index < -0.39 is 17.7 Å². The predicted molar refractivity (Wildman–Crippen MR) is 89.8 cm³/mol. The Kier molecular flexibility index (Phi) is 5.43. The summed E-state index contributed by atoms with van der Waals surface area (Å²) in [4.78, 5) is 12.2. The summed E-state index contributed by atoms with van der Waals surface area (Å²) in [5.74, 6) is -0.629. The SMILES string of the molecule is Cc1cc(NC(=O)C(C)C(C)N)n(-c2cc(C(F)(F)F)ccc2Cl)n1. The molecular weight excluding hydrogens is 357 g/mol. The fourth-order valence-corrected chi connectivity index (χ4v) is 2.30. The highest BCUT2D eigenvalue weighted by Crippen LogP contribution is 2.34. The molecule has 0 saturated heterocycles. The van der Waals surface area contributed by atoms with Gasteiger partial charge in [0.05, 0.1) is 27.9 Å². The molecule has 0 fully saturated rings. The van der Waals surface area contributed by atoms with Crippen molar-refractivity contribution in [2.45, 2.75) is 33.0 Å². The molecule has 2 unspecified atom stereocenters. The molecule has 1 aromatic carbocycles. The first-order valence-electron chi connectivity index (χ1n) is 7.51. The molecule has 5 nitrogen and oxygen atoms in total. The van der Waals surface area contributed by atoms with Gasteiger partial charge in [0.25, 0.3) is 0 Å². The highest BCUT2D eigenvalue weighted by atomic mass is 35.5. The van der Waals surface area contributed by atoms with Crippen LogP contribution in [0.25, 0.3) is 5.69 Å². The van der Waals surface area contributed by atoms with Crippen molar-refractivity contribution >= 4 is 23.3 Å². The zero-order valence-electron chi connectivity index (χ0n) is 13.9. The molecule has 9 heteroatoms. The van der Waals surface area contributed by atoms with Gasteiger partial charge < -0.3 is 11.1 Å². The number of aryl methyl sites for hydroxylation is 1. The van der Waals surface area contributed by atoms with Crippen LogP contribution in [0.3, 0.4) is 0 Å². The number of hydrogen-bond donors (Lipinski definition) is 2. The number of amides is 1. The number of anilines is 1. The Labute approximate surface area is 148 Å². The molecule has 2 aromatic rings. The van der Waals surface area contributed by atoms with E-state index in [1.165, 1.54) is 4.68 Å². The lowest BCUT2D eigenvalue weighted by atomic mass is 10.0. The van der Waals surface area contributed by atoms with Gasteiger partial charge in [0.1, 0.15) is 5.82 Å². The number of nitrogens with one attached hydrogen (secondary N) is 1. The molecule has 2 rings (SSSR count). The first kappa shape index (κ1) is 19.3. The third kappa shape index (κ3) is 4.32. The lowest BCUT2D eigenvalue weighted by molar-refractivity contribution is -0.137. The van der Waals surface area contributed by atoms with Crippen LogP contribution in [-0.4, -0.2) is 21.7 Å². The van der Waals surface area contributed by atoms with Gasteiger partial charge in [-0.25, -0.2) is 4.68 Å². The Morgan fingerprint density at radius 3 is 2.52 bits per heavy atom. The topological polar surface area (TPSA) is 72.9 Å². The zero-order valence-corrected chi connectivity index (χ0v) is 14.6. The third-order valence-electron chi connectivity index (χ3n) is 3.79. The summed E-state index contributed by atoms with van der Waals surface area (Å²) in [6.07, 6.45) is -4.52. The number of carbonyl (C=O) groups is 1. The first-order valence-corrected chi connectivity index (χ1v) is 7.88. The number of halogens is 4. The Morgan fingerprint density at radius 2 is 1.96 bits per heavy atom. The fraction of sp³-hybridized carbons (Fsp3) is 0.375. The molecule has 0 saturated carbocycles. The van der Waals surface area contributed by atoms with Gasteiger partial charge in [-0.15, -0.1) is 0 Å². The number of aromatic nitrogens is 2. The normalized spacial score (nSPS) is 14.2. The lowest BCUT2D eigenvalue weighted by Gasteiger charge is -2.17. The maximum Gasteiger partial charge on any atom is 0.416 e. The number of nitrogens with two attached hydrogens (primary N) is 1. The van der Waals surface area contributed by atoms with Crippen LogP contribution in [0.15, 0.2) is 24.3 Å². The van der Waals surface area contributed by atoms with Crippen LogP contribution in [0.1, 0.15) is 25.1 Å². The molecule has 1 amide bonds. The van der Waals surface area contributed by atoms with Crippen LogP contribution in [0.2, 0.25) is 5.02 Å². The number of nitrogens with zero attached hydrogens (tertiary/aromatic N) is 2. The summed E-state index contributed by atoms with van der Waals surface area (Å²) < 4.78 is 40.1. The second kappa shape index (κ2) is 7.05. The van der Waals surface area contributed by atoms with E-state index in [9.17, 15) is 18.0 Å². The molecule has 0 bridgehead atoms. The standard InChI is InChI=1S/C16H18ClF3N4O/c1-8-6-14(22-15(25)9(2)10(3)21)24(23-8)13-7-11(16(18,19)20)4-5-12(13)17/h4-7,9-10H,21H2,1-3H3,(H,22,25). The van der Waals surface area contributed by atoms with Gasteiger partial charge in [-0.1, -0.05) is 18.5 Å². The quantitative estimate of drug-likeness (QED) is 0.855. The van der Waals surface area contributed by atoms with Crippen molar-refractivity contribution in [1.82, 2.24) is 9.78 Å². The van der Waals surface area contributed by atoms with Crippen LogP contribution in [0, 0.1) is 12.8 Å². The average molecular weight is 375 g/mol. The Morgan fingerprint density at radius 1 is 1.32 bits per heavy atom. The number of alkyl halides is 3. The molecular formula is C16H18ClF3N4O. The molecule has 0 spiro atoms. The maximum absolute atomic E-state index is 13.0. The maximum atomic E-state index is 13.0. The van der Waals surface area contributed by atoms with Gasteiger partial charge in [-0.2, -0.15) is 18.3 Å². The monoisotopic (exact) mass is 374 g/mol. The van der Waals surface area contributed by atoms with E-state index in [0.29, 0.717) is 5.69 Å². The third-order valence-corrected chi connectivity index (χ3v) is 4.11. The Bertz CT molecular complexity index is 786. The van der Waals surface area contributed by atoms with E-state index in [2.05, 4.69) is 10.4 Å². The molecule has 136 valence electrons. The summed E-state index contributed by atoms with van der Waals surface area (Å²) >= 11 is 6.05. The summed E-state index contributed by atoms with van der Waals surface area (Å²) in [6.45, 7) is 5.00. The van der Waals surface area contributed by atoms with Crippen molar-refractivity contribution < 1.29 is 18.0 Å². The van der Waals surface area contributed by atoms with Crippen molar-refractivity contribution in [3.05, 3.63) is 40.5 Å². The van der Waals surface area contributed by atoms with Gasteiger partial charge in [-0.3, -0.25) is 4.79 Å². The smallest absolute Gasteiger partial charge is 0.327 e. The summed E-state index contributed by atoms with van der Waals surface area (Å²) in [5.41, 5.74) is 5.38. The van der Waals surface area contributed by atoms with E-state index in [1.807, 2.05) is 0 Å². The minimum Gasteiger partial charge on any atom is -0.327 e. The van der Waals surface area contributed by atoms with Crippen molar-refractivity contribution in [1.29, 1.82) is 0 Å². The van der Waals surface area contributed by atoms with Crippen molar-refractivity contribution in [2.24, 2.45) is 11.7 Å². The molecule has 0 aliphatic rings. The minimum absolute atomic E-state index is 0.0216. The van der Waals surface area contributed by atoms with Crippen LogP contribution in [-0.2, 0) is 11.0 Å². The van der Waals surface area contributed by atoms with E-state index >= 15 is 0 Å². The van der Waals surface area contributed by atoms with Crippen molar-refractivity contribution in [2.75, 3.05) is 5.32 Å². The predicted octanol–water partition coefficient (Wildman–Crippen LogP) is 3.77. The summed E-state index contributed by atoms with van der Waals surface area (Å²) in [6, 6.07) is 4.09. The second-order valence-electron chi connectivity index (χ2n) is 5.88. The average Bonchev–Trinajstić information content (AvgIpc) is 2.85. The number of benzene rings is 1. The van der Waals surface area contributed by atoms with Crippen LogP contribution in [0.4, 0.5) is 19.0 Å². The van der Waals surface area contributed by atoms with Crippen molar-refractivity contribution in [3.8, 4) is 5.69 Å². The van der Waals surface area contributed by atoms with Gasteiger partial charge in [-0.05, 0) is 32.0 Å². The molecule has 0 radical (unpaired) electrons. The molecule has 3 N–H and O–H groups in total. The summed E-state index contributed by atoms with van der Waals surface area (Å²) in [5, 5.41) is 6.85. The van der Waals surface area contributed by atoms with Crippen LogP contribution in [0.5, 0.6) is 0 Å². The molecule has 1 aromatic heterocycles. The van der Waals surface area contributed by atoms with E-state index in [1.54, 1.807) is 26.8 Å². The number of rotatable bonds is 4. The van der Waals surface area contributed by atoms with Crippen LogP contribution < -0.4 is 11.1 Å². The first-order chi connectivity index (χ1) is 11.5. The second-order valence-corrected chi connectivity index (χ2v) is 6.29. The lowest BCUT2D eigenvalue weighted by Crippen LogP contribution is -2.34. The summed E-state index contributed by atoms with van der Waals surface area (Å²) in [7, 11) is 0. The van der Waals surface area contributed by atoms with Crippen LogP contribution >= 0.6 is 11.6 Å². The zero-order chi connectivity index (χ0) is 18.9.